The van der Waals surface area contributed by atoms with E-state index in [9.17, 15) is 8.78 Å². The van der Waals surface area contributed by atoms with Crippen molar-refractivity contribution in [3.63, 3.8) is 0 Å². The molecule has 0 amide bonds. The molecule has 0 bridgehead atoms. The Hall–Kier alpha value is -3.15. The lowest BCUT2D eigenvalue weighted by Crippen LogP contribution is -2.10. The second-order valence-corrected chi connectivity index (χ2v) is 5.63. The molecular weight excluding hydrogens is 334 g/mol. The van der Waals surface area contributed by atoms with Crippen molar-refractivity contribution < 1.29 is 8.78 Å². The molecule has 1 aromatic heterocycles. The van der Waals surface area contributed by atoms with E-state index in [1.54, 1.807) is 42.7 Å². The van der Waals surface area contributed by atoms with Crippen LogP contribution >= 0.6 is 0 Å². The van der Waals surface area contributed by atoms with E-state index in [-0.39, 0.29) is 16.8 Å². The lowest BCUT2D eigenvalue weighted by molar-refractivity contribution is 0.579. The predicted octanol–water partition coefficient (Wildman–Crippen LogP) is 4.81. The van der Waals surface area contributed by atoms with Gasteiger partial charge in [0.1, 0.15) is 11.6 Å². The molecule has 4 nitrogen and oxygen atoms in total. The summed E-state index contributed by atoms with van der Waals surface area (Å²) >= 11 is 0. The molecule has 2 aromatic rings. The van der Waals surface area contributed by atoms with Gasteiger partial charge in [0.25, 0.3) is 0 Å². The molecule has 1 aromatic carbocycles. The lowest BCUT2D eigenvalue weighted by Gasteiger charge is -2.18. The van der Waals surface area contributed by atoms with Gasteiger partial charge in [-0.1, -0.05) is 19.2 Å². The molecule has 0 aliphatic rings. The zero-order valence-electron chi connectivity index (χ0n) is 15.1. The monoisotopic (exact) mass is 356 g/mol. The number of benzene rings is 1. The van der Waals surface area contributed by atoms with Crippen LogP contribution in [0.25, 0.3) is 11.1 Å². The molecule has 0 saturated heterocycles. The number of nitrogens with one attached hydrogen (secondary N) is 2. The van der Waals surface area contributed by atoms with Crippen molar-refractivity contribution in [2.24, 2.45) is 0 Å². The first kappa shape index (κ1) is 19.2. The largest absolute Gasteiger partial charge is 0.386 e. The van der Waals surface area contributed by atoms with Crippen molar-refractivity contribution >= 4 is 16.8 Å². The Morgan fingerprint density at radius 3 is 2.62 bits per heavy atom. The summed E-state index contributed by atoms with van der Waals surface area (Å²) in [6.45, 7) is 9.47. The molecule has 0 fully saturated rings. The molecule has 136 valence electrons. The lowest BCUT2D eigenvalue weighted by atomic mass is 10.0. The number of allylic oxidation sites excluding steroid dienone is 4. The standard InChI is InChI=1S/C20H22F2N4/c1-6-26(5)17(14(3)20-24-11-12-25-20)10-7-13(2)18-15(21)8-9-16(23-4)19(18)22/h6-12,23H,1-2H2,3-5H3,(H,24,25)/b10-7-,17-14+. The molecule has 2 N–H and O–H groups in total. The van der Waals surface area contributed by atoms with Crippen molar-refractivity contribution in [2.45, 2.75) is 6.92 Å². The number of nitrogens with zero attached hydrogens (tertiary/aromatic N) is 2. The SMILES string of the molecule is C=CN(C)C(/C=C\C(=C)c1c(F)ccc(NC)c1F)=C(\C)c1ncc[nH]1. The average Bonchev–Trinajstić information content (AvgIpc) is 3.16. The van der Waals surface area contributed by atoms with E-state index >= 15 is 0 Å². The number of anilines is 1. The Balaban J connectivity index is 2.44. The Morgan fingerprint density at radius 2 is 2.04 bits per heavy atom. The summed E-state index contributed by atoms with van der Waals surface area (Å²) in [5.41, 5.74) is 1.89. The number of halogens is 2. The molecule has 1 heterocycles. The van der Waals surface area contributed by atoms with Crippen LogP contribution in [0.1, 0.15) is 18.3 Å². The number of aromatic nitrogens is 2. The molecule has 0 radical (unpaired) electrons. The van der Waals surface area contributed by atoms with Crippen molar-refractivity contribution in [3.8, 4) is 0 Å². The Labute approximate surface area is 152 Å². The first-order chi connectivity index (χ1) is 12.4. The number of hydrogen-bond donors (Lipinski definition) is 2. The quantitative estimate of drug-likeness (QED) is 0.700. The van der Waals surface area contributed by atoms with Gasteiger partial charge < -0.3 is 15.2 Å². The van der Waals surface area contributed by atoms with Gasteiger partial charge in [0, 0.05) is 37.8 Å². The zero-order chi connectivity index (χ0) is 19.3. The van der Waals surface area contributed by atoms with Crippen LogP contribution in [-0.2, 0) is 0 Å². The van der Waals surface area contributed by atoms with Gasteiger partial charge in [0.15, 0.2) is 5.82 Å². The predicted molar refractivity (Wildman–Crippen MR) is 103 cm³/mol. The maximum Gasteiger partial charge on any atom is 0.157 e. The molecular formula is C20H22F2N4. The summed E-state index contributed by atoms with van der Waals surface area (Å²) in [4.78, 5) is 9.06. The molecule has 0 saturated carbocycles. The van der Waals surface area contributed by atoms with Gasteiger partial charge >= 0.3 is 0 Å². The maximum atomic E-state index is 14.5. The van der Waals surface area contributed by atoms with Crippen molar-refractivity contribution in [2.75, 3.05) is 19.4 Å². The number of imidazole rings is 1. The van der Waals surface area contributed by atoms with E-state index in [2.05, 4.69) is 28.4 Å². The van der Waals surface area contributed by atoms with E-state index in [1.807, 2.05) is 14.0 Å². The third-order valence-electron chi connectivity index (χ3n) is 4.02. The molecule has 2 rings (SSSR count). The van der Waals surface area contributed by atoms with Crippen molar-refractivity contribution in [1.29, 1.82) is 0 Å². The van der Waals surface area contributed by atoms with Gasteiger partial charge in [-0.05, 0) is 36.9 Å². The first-order valence-electron chi connectivity index (χ1n) is 7.99. The topological polar surface area (TPSA) is 44.0 Å². The number of H-pyrrole nitrogens is 1. The van der Waals surface area contributed by atoms with E-state index in [0.29, 0.717) is 5.82 Å². The summed E-state index contributed by atoms with van der Waals surface area (Å²) < 4.78 is 28.6. The van der Waals surface area contributed by atoms with Crippen LogP contribution in [0.3, 0.4) is 0 Å². The number of hydrogen-bond acceptors (Lipinski definition) is 3. The number of rotatable bonds is 7. The molecule has 0 aliphatic heterocycles. The van der Waals surface area contributed by atoms with Crippen LogP contribution in [0, 0.1) is 11.6 Å². The fourth-order valence-electron chi connectivity index (χ4n) is 2.50. The van der Waals surface area contributed by atoms with Gasteiger partial charge in [-0.25, -0.2) is 13.8 Å². The fraction of sp³-hybridized carbons (Fsp3) is 0.150. The van der Waals surface area contributed by atoms with Gasteiger partial charge in [0.05, 0.1) is 11.3 Å². The molecule has 0 atom stereocenters. The first-order valence-corrected chi connectivity index (χ1v) is 7.99. The molecule has 0 spiro atoms. The highest BCUT2D eigenvalue weighted by molar-refractivity contribution is 5.77. The van der Waals surface area contributed by atoms with Crippen LogP contribution in [0.5, 0.6) is 0 Å². The van der Waals surface area contributed by atoms with E-state index in [4.69, 9.17) is 0 Å². The van der Waals surface area contributed by atoms with E-state index in [0.717, 1.165) is 11.3 Å². The smallest absolute Gasteiger partial charge is 0.157 e. The van der Waals surface area contributed by atoms with E-state index < -0.39 is 11.6 Å². The highest BCUT2D eigenvalue weighted by Gasteiger charge is 2.15. The minimum Gasteiger partial charge on any atom is -0.386 e. The third kappa shape index (κ3) is 3.91. The molecule has 0 unspecified atom stereocenters. The fourth-order valence-corrected chi connectivity index (χ4v) is 2.50. The second-order valence-electron chi connectivity index (χ2n) is 5.63. The number of aromatic amines is 1. The minimum absolute atomic E-state index is 0.163. The third-order valence-corrected chi connectivity index (χ3v) is 4.02. The van der Waals surface area contributed by atoms with Crippen LogP contribution in [0.4, 0.5) is 14.5 Å². The minimum atomic E-state index is -0.674. The Bertz CT molecular complexity index is 864. The average molecular weight is 356 g/mol. The summed E-state index contributed by atoms with van der Waals surface area (Å²) in [7, 11) is 3.40. The van der Waals surface area contributed by atoms with Gasteiger partial charge in [-0.3, -0.25) is 0 Å². The highest BCUT2D eigenvalue weighted by Crippen LogP contribution is 2.28. The molecule has 6 heteroatoms. The number of likely N-dealkylation sites (N-methyl/N-ethyl adjacent to an activating group) is 1. The summed E-state index contributed by atoms with van der Waals surface area (Å²) in [5, 5.41) is 2.70. The van der Waals surface area contributed by atoms with Crippen LogP contribution in [0.2, 0.25) is 0 Å². The van der Waals surface area contributed by atoms with Crippen molar-refractivity contribution in [3.05, 3.63) is 84.8 Å². The Kier molecular flexibility index (Phi) is 6.11. The summed E-state index contributed by atoms with van der Waals surface area (Å²) in [5.74, 6) is -0.646. The zero-order valence-corrected chi connectivity index (χ0v) is 15.1. The van der Waals surface area contributed by atoms with Gasteiger partial charge in [0.2, 0.25) is 0 Å². The summed E-state index contributed by atoms with van der Waals surface area (Å²) in [6.07, 6.45) is 8.31. The normalized spacial score (nSPS) is 12.0. The van der Waals surface area contributed by atoms with Crippen molar-refractivity contribution in [1.82, 2.24) is 14.9 Å². The Morgan fingerprint density at radius 1 is 1.31 bits per heavy atom. The highest BCUT2D eigenvalue weighted by atomic mass is 19.1. The molecule has 0 aliphatic carbocycles. The maximum absolute atomic E-state index is 14.5. The van der Waals surface area contributed by atoms with Crippen LogP contribution in [-0.4, -0.2) is 29.0 Å². The van der Waals surface area contributed by atoms with Gasteiger partial charge in [-0.15, -0.1) is 0 Å². The second kappa shape index (κ2) is 8.29. The molecule has 26 heavy (non-hydrogen) atoms. The van der Waals surface area contributed by atoms with E-state index in [1.165, 1.54) is 12.1 Å². The van der Waals surface area contributed by atoms with Gasteiger partial charge in [-0.2, -0.15) is 0 Å². The van der Waals surface area contributed by atoms with Crippen LogP contribution in [0.15, 0.2) is 61.7 Å². The summed E-state index contributed by atoms with van der Waals surface area (Å²) in [6, 6.07) is 2.56. The van der Waals surface area contributed by atoms with Crippen LogP contribution < -0.4 is 5.32 Å².